The molecule has 0 aliphatic carbocycles. The molecule has 2 unspecified atom stereocenters. The zero-order valence-electron chi connectivity index (χ0n) is 7.75. The minimum atomic E-state index is 0.0268. The van der Waals surface area contributed by atoms with Crippen LogP contribution in [0.1, 0.15) is 26.7 Å². The lowest BCUT2D eigenvalue weighted by atomic mass is 10.3. The SMILES string of the molecule is CC(Br)(CCCl)SC(C)(Br)CCCl. The Balaban J connectivity index is 4.07. The molecule has 0 bridgehead atoms. The van der Waals surface area contributed by atoms with Crippen LogP contribution in [-0.4, -0.2) is 19.1 Å². The normalized spacial score (nSPS) is 20.8. The monoisotopic (exact) mass is 370 g/mol. The van der Waals surface area contributed by atoms with Gasteiger partial charge in [-0.25, -0.2) is 0 Å². The molecule has 0 saturated carbocycles. The first kappa shape index (κ1) is 14.9. The molecule has 0 heterocycles. The average Bonchev–Trinajstić information content (AvgIpc) is 1.82. The van der Waals surface area contributed by atoms with E-state index in [0.717, 1.165) is 12.8 Å². The van der Waals surface area contributed by atoms with E-state index in [-0.39, 0.29) is 7.31 Å². The van der Waals surface area contributed by atoms with Gasteiger partial charge in [-0.05, 0) is 26.7 Å². The van der Waals surface area contributed by atoms with E-state index in [1.54, 1.807) is 0 Å². The van der Waals surface area contributed by atoms with Crippen molar-refractivity contribution in [2.45, 2.75) is 34.0 Å². The standard InChI is InChI=1S/C8H14Br2Cl2S/c1-7(9,3-5-11)13-8(2,10)4-6-12/h3-6H2,1-2H3. The first-order chi connectivity index (χ1) is 5.83. The van der Waals surface area contributed by atoms with Crippen LogP contribution >= 0.6 is 66.8 Å². The number of rotatable bonds is 6. The van der Waals surface area contributed by atoms with Crippen LogP contribution in [0.5, 0.6) is 0 Å². The average molecular weight is 373 g/mol. The van der Waals surface area contributed by atoms with Gasteiger partial charge in [-0.2, -0.15) is 0 Å². The maximum absolute atomic E-state index is 5.71. The van der Waals surface area contributed by atoms with E-state index >= 15 is 0 Å². The Hall–Kier alpha value is 1.89. The Morgan fingerprint density at radius 3 is 1.54 bits per heavy atom. The summed E-state index contributed by atoms with van der Waals surface area (Å²) < 4.78 is 0.0537. The van der Waals surface area contributed by atoms with Crippen molar-refractivity contribution in [3.05, 3.63) is 0 Å². The van der Waals surface area contributed by atoms with Crippen molar-refractivity contribution in [3.8, 4) is 0 Å². The molecule has 0 nitrogen and oxygen atoms in total. The highest BCUT2D eigenvalue weighted by molar-refractivity contribution is 9.14. The quantitative estimate of drug-likeness (QED) is 0.577. The van der Waals surface area contributed by atoms with E-state index in [0.29, 0.717) is 11.8 Å². The second-order valence-electron chi connectivity index (χ2n) is 3.18. The Labute approximate surface area is 112 Å². The topological polar surface area (TPSA) is 0 Å². The largest absolute Gasteiger partial charge is 0.127 e. The Morgan fingerprint density at radius 1 is 1.00 bits per heavy atom. The highest BCUT2D eigenvalue weighted by Gasteiger charge is 2.31. The van der Waals surface area contributed by atoms with Gasteiger partial charge < -0.3 is 0 Å². The number of thioether (sulfide) groups is 1. The van der Waals surface area contributed by atoms with E-state index in [9.17, 15) is 0 Å². The molecule has 80 valence electrons. The minimum Gasteiger partial charge on any atom is -0.127 e. The fraction of sp³-hybridized carbons (Fsp3) is 1.00. The summed E-state index contributed by atoms with van der Waals surface area (Å²) in [7, 11) is 0. The maximum atomic E-state index is 5.71. The van der Waals surface area contributed by atoms with Gasteiger partial charge in [0.2, 0.25) is 0 Å². The number of halogens is 4. The van der Waals surface area contributed by atoms with Crippen molar-refractivity contribution in [1.29, 1.82) is 0 Å². The molecule has 13 heavy (non-hydrogen) atoms. The molecule has 0 aromatic rings. The van der Waals surface area contributed by atoms with Gasteiger partial charge in [-0.1, -0.05) is 31.9 Å². The molecule has 0 fully saturated rings. The lowest BCUT2D eigenvalue weighted by molar-refractivity contribution is 0.819. The smallest absolute Gasteiger partial charge is 0.0705 e. The second kappa shape index (κ2) is 6.47. The van der Waals surface area contributed by atoms with Crippen LogP contribution in [0.2, 0.25) is 0 Å². The van der Waals surface area contributed by atoms with Crippen molar-refractivity contribution in [1.82, 2.24) is 0 Å². The van der Waals surface area contributed by atoms with Crippen LogP contribution in [0.3, 0.4) is 0 Å². The third kappa shape index (κ3) is 7.78. The predicted octanol–water partition coefficient (Wildman–Crippen LogP) is 5.20. The first-order valence-electron chi connectivity index (χ1n) is 4.03. The van der Waals surface area contributed by atoms with Crippen molar-refractivity contribution in [2.75, 3.05) is 11.8 Å². The van der Waals surface area contributed by atoms with Crippen LogP contribution in [0.4, 0.5) is 0 Å². The van der Waals surface area contributed by atoms with Gasteiger partial charge in [0, 0.05) is 11.8 Å². The van der Waals surface area contributed by atoms with Gasteiger partial charge in [0.1, 0.15) is 0 Å². The van der Waals surface area contributed by atoms with Gasteiger partial charge in [-0.3, -0.25) is 0 Å². The van der Waals surface area contributed by atoms with Gasteiger partial charge in [0.05, 0.1) is 7.31 Å². The molecule has 5 heteroatoms. The Morgan fingerprint density at radius 2 is 1.31 bits per heavy atom. The summed E-state index contributed by atoms with van der Waals surface area (Å²) in [5, 5.41) is 0. The molecular weight excluding hydrogens is 359 g/mol. The van der Waals surface area contributed by atoms with Crippen LogP contribution < -0.4 is 0 Å². The predicted molar refractivity (Wildman–Crippen MR) is 72.9 cm³/mol. The first-order valence-corrected chi connectivity index (χ1v) is 7.50. The van der Waals surface area contributed by atoms with Crippen molar-refractivity contribution in [3.63, 3.8) is 0 Å². The molecule has 2 atom stereocenters. The molecule has 0 radical (unpaired) electrons. The highest BCUT2D eigenvalue weighted by Crippen LogP contribution is 2.48. The van der Waals surface area contributed by atoms with Crippen molar-refractivity contribution in [2.24, 2.45) is 0 Å². The molecule has 0 aromatic carbocycles. The lowest BCUT2D eigenvalue weighted by Crippen LogP contribution is -2.22. The van der Waals surface area contributed by atoms with Crippen LogP contribution in [0.15, 0.2) is 0 Å². The van der Waals surface area contributed by atoms with E-state index in [1.807, 2.05) is 11.8 Å². The van der Waals surface area contributed by atoms with Gasteiger partial charge in [-0.15, -0.1) is 35.0 Å². The number of alkyl halides is 4. The second-order valence-corrected chi connectivity index (χ2v) is 10.5. The Bertz CT molecular complexity index is 135. The van der Waals surface area contributed by atoms with E-state index in [2.05, 4.69) is 45.7 Å². The highest BCUT2D eigenvalue weighted by atomic mass is 79.9. The lowest BCUT2D eigenvalue weighted by Gasteiger charge is -2.30. The summed E-state index contributed by atoms with van der Waals surface area (Å²) in [6, 6.07) is 0. The zero-order valence-corrected chi connectivity index (χ0v) is 13.2. The molecule has 0 aromatic heterocycles. The molecule has 0 aliphatic rings. The molecule has 0 amide bonds. The Kier molecular flexibility index (Phi) is 7.41. The van der Waals surface area contributed by atoms with Gasteiger partial charge in [0.15, 0.2) is 0 Å². The minimum absolute atomic E-state index is 0.0268. The number of hydrogen-bond donors (Lipinski definition) is 0. The van der Waals surface area contributed by atoms with Gasteiger partial charge >= 0.3 is 0 Å². The van der Waals surface area contributed by atoms with E-state index in [4.69, 9.17) is 23.2 Å². The molecular formula is C8H14Br2Cl2S. The third-order valence-corrected chi connectivity index (χ3v) is 4.91. The van der Waals surface area contributed by atoms with E-state index in [1.165, 1.54) is 0 Å². The number of hydrogen-bond acceptors (Lipinski definition) is 1. The summed E-state index contributed by atoms with van der Waals surface area (Å²) >= 11 is 20.5. The van der Waals surface area contributed by atoms with Crippen molar-refractivity contribution >= 4 is 66.8 Å². The molecule has 0 aliphatic heterocycles. The fourth-order valence-corrected chi connectivity index (χ4v) is 6.81. The fourth-order valence-electron chi connectivity index (χ4n) is 0.883. The third-order valence-electron chi connectivity index (χ3n) is 1.51. The van der Waals surface area contributed by atoms with Gasteiger partial charge in [0.25, 0.3) is 0 Å². The summed E-state index contributed by atoms with van der Waals surface area (Å²) in [4.78, 5) is 0. The molecule has 0 spiro atoms. The van der Waals surface area contributed by atoms with E-state index < -0.39 is 0 Å². The van der Waals surface area contributed by atoms with Crippen LogP contribution in [-0.2, 0) is 0 Å². The summed E-state index contributed by atoms with van der Waals surface area (Å²) in [6.45, 7) is 4.27. The van der Waals surface area contributed by atoms with Crippen molar-refractivity contribution < 1.29 is 0 Å². The van der Waals surface area contributed by atoms with Crippen LogP contribution in [0, 0.1) is 0 Å². The maximum Gasteiger partial charge on any atom is 0.0705 e. The molecule has 0 rings (SSSR count). The summed E-state index contributed by atoms with van der Waals surface area (Å²) in [6.07, 6.45) is 1.87. The zero-order chi connectivity index (χ0) is 10.5. The molecule has 0 saturated heterocycles. The molecule has 0 N–H and O–H groups in total. The summed E-state index contributed by atoms with van der Waals surface area (Å²) in [5.41, 5.74) is 0. The van der Waals surface area contributed by atoms with Crippen LogP contribution in [0.25, 0.3) is 0 Å². The summed E-state index contributed by atoms with van der Waals surface area (Å²) in [5.74, 6) is 1.33.